The van der Waals surface area contributed by atoms with E-state index in [0.717, 1.165) is 12.1 Å². The van der Waals surface area contributed by atoms with Crippen molar-refractivity contribution >= 4 is 41.0 Å². The second-order valence-electron chi connectivity index (χ2n) is 5.52. The number of aliphatic carboxylic acids is 1. The van der Waals surface area contributed by atoms with Crippen molar-refractivity contribution in [2.24, 2.45) is 5.92 Å². The first-order chi connectivity index (χ1) is 11.1. The van der Waals surface area contributed by atoms with E-state index in [1.54, 1.807) is 0 Å². The Hall–Kier alpha value is -1.86. The molecule has 9 heteroatoms. The SMILES string of the molecule is CC(C)C[C@H](NC(=O)CNC(=O)c1cc(F)c(Cl)cc1Cl)C(=O)O. The number of carbonyl (C=O) groups excluding carboxylic acids is 2. The van der Waals surface area contributed by atoms with Crippen LogP contribution < -0.4 is 10.6 Å². The molecule has 2 amide bonds. The van der Waals surface area contributed by atoms with Gasteiger partial charge in [-0.2, -0.15) is 0 Å². The van der Waals surface area contributed by atoms with Gasteiger partial charge in [0.15, 0.2) is 0 Å². The molecule has 0 aliphatic heterocycles. The lowest BCUT2D eigenvalue weighted by Gasteiger charge is -2.16. The van der Waals surface area contributed by atoms with Crippen LogP contribution in [0, 0.1) is 11.7 Å². The molecule has 3 N–H and O–H groups in total. The summed E-state index contributed by atoms with van der Waals surface area (Å²) < 4.78 is 13.4. The first-order valence-corrected chi connectivity index (χ1v) is 7.82. The average Bonchev–Trinajstić information content (AvgIpc) is 2.47. The first-order valence-electron chi connectivity index (χ1n) is 7.06. The van der Waals surface area contributed by atoms with Crippen molar-refractivity contribution in [1.29, 1.82) is 0 Å². The van der Waals surface area contributed by atoms with Gasteiger partial charge in [-0.15, -0.1) is 0 Å². The number of hydrogen-bond donors (Lipinski definition) is 3. The van der Waals surface area contributed by atoms with Crippen LogP contribution in [0.4, 0.5) is 4.39 Å². The molecule has 0 bridgehead atoms. The van der Waals surface area contributed by atoms with E-state index in [-0.39, 0.29) is 27.9 Å². The molecule has 0 saturated heterocycles. The Kier molecular flexibility index (Phi) is 7.44. The molecule has 1 atom stereocenters. The predicted molar refractivity (Wildman–Crippen MR) is 87.8 cm³/mol. The van der Waals surface area contributed by atoms with Gasteiger partial charge in [0.1, 0.15) is 11.9 Å². The Bertz CT molecular complexity index is 653. The molecule has 132 valence electrons. The fourth-order valence-electron chi connectivity index (χ4n) is 1.89. The predicted octanol–water partition coefficient (Wildman–Crippen LogP) is 2.48. The number of amides is 2. The molecule has 0 unspecified atom stereocenters. The summed E-state index contributed by atoms with van der Waals surface area (Å²) in [4.78, 5) is 34.8. The molecule has 24 heavy (non-hydrogen) atoms. The van der Waals surface area contributed by atoms with Crippen molar-refractivity contribution in [3.63, 3.8) is 0 Å². The number of carbonyl (C=O) groups is 3. The van der Waals surface area contributed by atoms with Gasteiger partial charge >= 0.3 is 5.97 Å². The van der Waals surface area contributed by atoms with Gasteiger partial charge < -0.3 is 15.7 Å². The van der Waals surface area contributed by atoms with Crippen LogP contribution in [0.25, 0.3) is 0 Å². The zero-order valence-electron chi connectivity index (χ0n) is 13.0. The highest BCUT2D eigenvalue weighted by Gasteiger charge is 2.21. The van der Waals surface area contributed by atoms with Gasteiger partial charge in [-0.25, -0.2) is 9.18 Å². The van der Waals surface area contributed by atoms with E-state index < -0.39 is 36.2 Å². The van der Waals surface area contributed by atoms with Gasteiger partial charge in [0, 0.05) is 0 Å². The normalized spacial score (nSPS) is 11.9. The van der Waals surface area contributed by atoms with Crippen LogP contribution in [0.3, 0.4) is 0 Å². The molecule has 1 aromatic carbocycles. The quantitative estimate of drug-likeness (QED) is 0.635. The van der Waals surface area contributed by atoms with E-state index in [1.807, 2.05) is 13.8 Å². The Morgan fingerprint density at radius 3 is 2.38 bits per heavy atom. The number of hydrogen-bond acceptors (Lipinski definition) is 3. The number of halogens is 3. The second kappa shape index (κ2) is 8.84. The summed E-state index contributed by atoms with van der Waals surface area (Å²) in [6.07, 6.45) is 0.253. The molecule has 0 spiro atoms. The molecule has 0 radical (unpaired) electrons. The smallest absolute Gasteiger partial charge is 0.326 e. The lowest BCUT2D eigenvalue weighted by molar-refractivity contribution is -0.142. The maximum atomic E-state index is 13.4. The van der Waals surface area contributed by atoms with E-state index in [1.165, 1.54) is 0 Å². The van der Waals surface area contributed by atoms with E-state index >= 15 is 0 Å². The Morgan fingerprint density at radius 2 is 1.83 bits per heavy atom. The Labute approximate surface area is 148 Å². The summed E-state index contributed by atoms with van der Waals surface area (Å²) in [7, 11) is 0. The van der Waals surface area contributed by atoms with Crippen LogP contribution in [-0.4, -0.2) is 35.5 Å². The summed E-state index contributed by atoms with van der Waals surface area (Å²) in [5.41, 5.74) is -0.177. The zero-order valence-corrected chi connectivity index (χ0v) is 14.5. The highest BCUT2D eigenvalue weighted by molar-refractivity contribution is 6.36. The van der Waals surface area contributed by atoms with Gasteiger partial charge in [0.25, 0.3) is 5.91 Å². The highest BCUT2D eigenvalue weighted by Crippen LogP contribution is 2.24. The molecule has 0 fully saturated rings. The molecule has 0 aliphatic carbocycles. The number of carboxylic acids is 1. The van der Waals surface area contributed by atoms with Crippen LogP contribution in [0.15, 0.2) is 12.1 Å². The minimum atomic E-state index is -1.16. The zero-order chi connectivity index (χ0) is 18.4. The summed E-state index contributed by atoms with van der Waals surface area (Å²) in [6, 6.07) is 0.888. The van der Waals surface area contributed by atoms with E-state index in [2.05, 4.69) is 10.6 Å². The van der Waals surface area contributed by atoms with Gasteiger partial charge in [0.2, 0.25) is 5.91 Å². The van der Waals surface area contributed by atoms with Crippen molar-refractivity contribution in [1.82, 2.24) is 10.6 Å². The second-order valence-corrected chi connectivity index (χ2v) is 6.33. The molecule has 1 rings (SSSR count). The van der Waals surface area contributed by atoms with Crippen molar-refractivity contribution in [2.75, 3.05) is 6.54 Å². The highest BCUT2D eigenvalue weighted by atomic mass is 35.5. The van der Waals surface area contributed by atoms with E-state index in [4.69, 9.17) is 28.3 Å². The average molecular weight is 379 g/mol. The monoisotopic (exact) mass is 378 g/mol. The van der Waals surface area contributed by atoms with Gasteiger partial charge in [-0.05, 0) is 24.5 Å². The number of carboxylic acid groups (broad SMARTS) is 1. The number of benzene rings is 1. The van der Waals surface area contributed by atoms with Gasteiger partial charge in [0.05, 0.1) is 22.2 Å². The summed E-state index contributed by atoms with van der Waals surface area (Å²) in [5.74, 6) is -3.37. The lowest BCUT2D eigenvalue weighted by atomic mass is 10.0. The maximum absolute atomic E-state index is 13.4. The third-order valence-corrected chi connectivity index (χ3v) is 3.61. The fraction of sp³-hybridized carbons (Fsp3) is 0.400. The van der Waals surface area contributed by atoms with Crippen LogP contribution in [0.2, 0.25) is 10.0 Å². The van der Waals surface area contributed by atoms with Gasteiger partial charge in [-0.3, -0.25) is 9.59 Å². The van der Waals surface area contributed by atoms with Crippen molar-refractivity contribution in [2.45, 2.75) is 26.3 Å². The molecule has 0 saturated carbocycles. The van der Waals surface area contributed by atoms with Crippen molar-refractivity contribution < 1.29 is 23.9 Å². The Balaban J connectivity index is 2.65. The number of nitrogens with one attached hydrogen (secondary N) is 2. The lowest BCUT2D eigenvalue weighted by Crippen LogP contribution is -2.46. The molecule has 1 aromatic rings. The van der Waals surface area contributed by atoms with E-state index in [9.17, 15) is 18.8 Å². The van der Waals surface area contributed by atoms with Crippen LogP contribution in [0.5, 0.6) is 0 Å². The molecule has 0 aromatic heterocycles. The minimum Gasteiger partial charge on any atom is -0.480 e. The van der Waals surface area contributed by atoms with Crippen LogP contribution in [-0.2, 0) is 9.59 Å². The van der Waals surface area contributed by atoms with Crippen molar-refractivity contribution in [3.05, 3.63) is 33.6 Å². The molecular formula is C15H17Cl2FN2O4. The third-order valence-electron chi connectivity index (χ3n) is 3.00. The Morgan fingerprint density at radius 1 is 1.21 bits per heavy atom. The largest absolute Gasteiger partial charge is 0.480 e. The third kappa shape index (κ3) is 5.98. The minimum absolute atomic E-state index is 0.0665. The molecular weight excluding hydrogens is 362 g/mol. The van der Waals surface area contributed by atoms with E-state index in [0.29, 0.717) is 0 Å². The number of rotatable bonds is 7. The van der Waals surface area contributed by atoms with Crippen LogP contribution >= 0.6 is 23.2 Å². The summed E-state index contributed by atoms with van der Waals surface area (Å²) >= 11 is 11.3. The molecule has 0 aliphatic rings. The molecule has 0 heterocycles. The first kappa shape index (κ1) is 20.2. The topological polar surface area (TPSA) is 95.5 Å². The fourth-order valence-corrected chi connectivity index (χ4v) is 2.36. The standard InChI is InChI=1S/C15H17Cl2FN2O4/c1-7(2)3-12(15(23)24)20-13(21)6-19-14(22)8-4-11(18)10(17)5-9(8)16/h4-5,7,12H,3,6H2,1-2H3,(H,19,22)(H,20,21)(H,23,24)/t12-/m0/s1. The van der Waals surface area contributed by atoms with Crippen molar-refractivity contribution in [3.8, 4) is 0 Å². The molecule has 6 nitrogen and oxygen atoms in total. The summed E-state index contributed by atoms with van der Waals surface area (Å²) in [6.45, 7) is 3.17. The maximum Gasteiger partial charge on any atom is 0.326 e. The summed E-state index contributed by atoms with van der Waals surface area (Å²) in [5, 5.41) is 13.3. The van der Waals surface area contributed by atoms with Crippen LogP contribution in [0.1, 0.15) is 30.6 Å². The van der Waals surface area contributed by atoms with Gasteiger partial charge in [-0.1, -0.05) is 37.0 Å².